The van der Waals surface area contributed by atoms with Crippen molar-refractivity contribution < 1.29 is 19.4 Å². The van der Waals surface area contributed by atoms with Gasteiger partial charge < -0.3 is 14.7 Å². The molecule has 0 spiro atoms. The number of carboxylic acids is 1. The average molecular weight is 229 g/mol. The number of methoxy groups -OCH3 is 1. The minimum absolute atomic E-state index is 0.0257. The molecule has 0 aromatic carbocycles. The third-order valence-corrected chi connectivity index (χ3v) is 3.03. The molecular formula is C11H19NO4. The highest BCUT2D eigenvalue weighted by molar-refractivity contribution is 5.84. The Morgan fingerprint density at radius 3 is 2.75 bits per heavy atom. The number of carbonyl (C=O) groups is 2. The second-order valence-electron chi connectivity index (χ2n) is 4.23. The molecule has 1 N–H and O–H groups in total. The van der Waals surface area contributed by atoms with Crippen LogP contribution in [0.25, 0.3) is 0 Å². The molecule has 5 heteroatoms. The van der Waals surface area contributed by atoms with Gasteiger partial charge >= 0.3 is 5.97 Å². The van der Waals surface area contributed by atoms with Crippen LogP contribution in [0.2, 0.25) is 0 Å². The SMILES string of the molecule is COCCC(=O)N1CCCC(C)C1C(=O)O. The smallest absolute Gasteiger partial charge is 0.326 e. The maximum Gasteiger partial charge on any atom is 0.326 e. The molecule has 0 aliphatic carbocycles. The minimum atomic E-state index is -0.905. The number of ether oxygens (including phenoxy) is 1. The number of hydrogen-bond acceptors (Lipinski definition) is 3. The lowest BCUT2D eigenvalue weighted by atomic mass is 9.90. The summed E-state index contributed by atoms with van der Waals surface area (Å²) in [6.07, 6.45) is 2.00. The molecule has 1 fully saturated rings. The van der Waals surface area contributed by atoms with Gasteiger partial charge in [0.05, 0.1) is 13.0 Å². The van der Waals surface area contributed by atoms with Gasteiger partial charge in [0, 0.05) is 13.7 Å². The van der Waals surface area contributed by atoms with Gasteiger partial charge in [0.2, 0.25) is 5.91 Å². The number of carboxylic acid groups (broad SMARTS) is 1. The number of likely N-dealkylation sites (tertiary alicyclic amines) is 1. The highest BCUT2D eigenvalue weighted by Gasteiger charge is 2.36. The van der Waals surface area contributed by atoms with Gasteiger partial charge in [-0.25, -0.2) is 4.79 Å². The highest BCUT2D eigenvalue weighted by Crippen LogP contribution is 2.24. The van der Waals surface area contributed by atoms with E-state index < -0.39 is 12.0 Å². The molecule has 1 aliphatic rings. The lowest BCUT2D eigenvalue weighted by molar-refractivity contribution is -0.155. The lowest BCUT2D eigenvalue weighted by Crippen LogP contribution is -2.52. The van der Waals surface area contributed by atoms with E-state index in [-0.39, 0.29) is 18.2 Å². The molecule has 0 aromatic rings. The first-order chi connectivity index (χ1) is 7.57. The summed E-state index contributed by atoms with van der Waals surface area (Å²) in [6, 6.07) is -0.668. The Bertz CT molecular complexity index is 267. The summed E-state index contributed by atoms with van der Waals surface area (Å²) >= 11 is 0. The Morgan fingerprint density at radius 1 is 1.50 bits per heavy atom. The summed E-state index contributed by atoms with van der Waals surface area (Å²) in [5, 5.41) is 9.13. The van der Waals surface area contributed by atoms with Crippen molar-refractivity contribution in [2.75, 3.05) is 20.3 Å². The Kier molecular flexibility index (Phi) is 4.73. The molecule has 2 atom stereocenters. The molecule has 1 rings (SSSR count). The molecule has 2 unspecified atom stereocenters. The van der Waals surface area contributed by atoms with E-state index in [1.165, 1.54) is 12.0 Å². The standard InChI is InChI=1S/C11H19NO4/c1-8-4-3-6-12(10(8)11(14)15)9(13)5-7-16-2/h8,10H,3-7H2,1-2H3,(H,14,15). The van der Waals surface area contributed by atoms with E-state index in [0.29, 0.717) is 13.2 Å². The van der Waals surface area contributed by atoms with Gasteiger partial charge in [-0.15, -0.1) is 0 Å². The fraction of sp³-hybridized carbons (Fsp3) is 0.818. The van der Waals surface area contributed by atoms with Crippen LogP contribution in [0.1, 0.15) is 26.2 Å². The Balaban J connectivity index is 2.67. The third kappa shape index (κ3) is 2.95. The van der Waals surface area contributed by atoms with Gasteiger partial charge in [-0.3, -0.25) is 4.79 Å². The Morgan fingerprint density at radius 2 is 2.19 bits per heavy atom. The van der Waals surface area contributed by atoms with Crippen molar-refractivity contribution >= 4 is 11.9 Å². The second-order valence-corrected chi connectivity index (χ2v) is 4.23. The van der Waals surface area contributed by atoms with Gasteiger partial charge in [0.15, 0.2) is 0 Å². The zero-order valence-corrected chi connectivity index (χ0v) is 9.81. The van der Waals surface area contributed by atoms with Crippen LogP contribution in [-0.2, 0) is 14.3 Å². The predicted octanol–water partition coefficient (Wildman–Crippen LogP) is 0.735. The van der Waals surface area contributed by atoms with Crippen molar-refractivity contribution in [3.63, 3.8) is 0 Å². The highest BCUT2D eigenvalue weighted by atomic mass is 16.5. The molecule has 1 heterocycles. The zero-order valence-electron chi connectivity index (χ0n) is 9.81. The van der Waals surface area contributed by atoms with E-state index in [0.717, 1.165) is 12.8 Å². The molecule has 1 saturated heterocycles. The molecule has 0 radical (unpaired) electrons. The third-order valence-electron chi connectivity index (χ3n) is 3.03. The van der Waals surface area contributed by atoms with Gasteiger partial charge in [-0.1, -0.05) is 6.92 Å². The average Bonchev–Trinajstić information content (AvgIpc) is 2.24. The number of nitrogens with zero attached hydrogens (tertiary/aromatic N) is 1. The first-order valence-corrected chi connectivity index (χ1v) is 5.59. The number of aliphatic carboxylic acids is 1. The fourth-order valence-electron chi connectivity index (χ4n) is 2.18. The molecule has 92 valence electrons. The number of amides is 1. The normalized spacial score (nSPS) is 25.5. The summed E-state index contributed by atoms with van der Waals surface area (Å²) in [5.41, 5.74) is 0. The maximum atomic E-state index is 11.8. The molecular weight excluding hydrogens is 210 g/mol. The van der Waals surface area contributed by atoms with Crippen molar-refractivity contribution in [2.45, 2.75) is 32.2 Å². The maximum absolute atomic E-state index is 11.8. The van der Waals surface area contributed by atoms with Gasteiger partial charge in [0.1, 0.15) is 6.04 Å². The van der Waals surface area contributed by atoms with Crippen LogP contribution >= 0.6 is 0 Å². The quantitative estimate of drug-likeness (QED) is 0.772. The summed E-state index contributed by atoms with van der Waals surface area (Å²) < 4.78 is 4.83. The minimum Gasteiger partial charge on any atom is -0.480 e. The van der Waals surface area contributed by atoms with Crippen LogP contribution in [0.3, 0.4) is 0 Å². The fourth-order valence-corrected chi connectivity index (χ4v) is 2.18. The van der Waals surface area contributed by atoms with E-state index in [9.17, 15) is 9.59 Å². The Hall–Kier alpha value is -1.10. The molecule has 1 aliphatic heterocycles. The summed E-state index contributed by atoms with van der Waals surface area (Å²) in [4.78, 5) is 24.4. The van der Waals surface area contributed by atoms with Crippen LogP contribution in [0.15, 0.2) is 0 Å². The summed E-state index contributed by atoms with van der Waals surface area (Å²) in [5.74, 6) is -1.00. The van der Waals surface area contributed by atoms with Crippen LogP contribution in [-0.4, -0.2) is 48.2 Å². The van der Waals surface area contributed by atoms with E-state index in [1.807, 2.05) is 6.92 Å². The summed E-state index contributed by atoms with van der Waals surface area (Å²) in [7, 11) is 1.53. The number of hydrogen-bond donors (Lipinski definition) is 1. The van der Waals surface area contributed by atoms with Crippen molar-refractivity contribution in [3.05, 3.63) is 0 Å². The molecule has 0 aromatic heterocycles. The van der Waals surface area contributed by atoms with Crippen molar-refractivity contribution in [3.8, 4) is 0 Å². The van der Waals surface area contributed by atoms with Gasteiger partial charge in [-0.2, -0.15) is 0 Å². The molecule has 0 bridgehead atoms. The van der Waals surface area contributed by atoms with Crippen LogP contribution in [0.5, 0.6) is 0 Å². The first kappa shape index (κ1) is 13.0. The van der Waals surface area contributed by atoms with E-state index in [4.69, 9.17) is 9.84 Å². The monoisotopic (exact) mass is 229 g/mol. The molecule has 0 saturated carbocycles. The number of carbonyl (C=O) groups excluding carboxylic acids is 1. The van der Waals surface area contributed by atoms with Crippen molar-refractivity contribution in [2.24, 2.45) is 5.92 Å². The Labute approximate surface area is 95.4 Å². The van der Waals surface area contributed by atoms with Crippen molar-refractivity contribution in [1.82, 2.24) is 4.90 Å². The van der Waals surface area contributed by atoms with Crippen molar-refractivity contribution in [1.29, 1.82) is 0 Å². The molecule has 16 heavy (non-hydrogen) atoms. The van der Waals surface area contributed by atoms with Gasteiger partial charge in [0.25, 0.3) is 0 Å². The van der Waals surface area contributed by atoms with E-state index >= 15 is 0 Å². The van der Waals surface area contributed by atoms with Gasteiger partial charge in [-0.05, 0) is 18.8 Å². The first-order valence-electron chi connectivity index (χ1n) is 5.59. The van der Waals surface area contributed by atoms with Crippen LogP contribution in [0, 0.1) is 5.92 Å². The topological polar surface area (TPSA) is 66.8 Å². The molecule has 5 nitrogen and oxygen atoms in total. The number of rotatable bonds is 4. The van der Waals surface area contributed by atoms with E-state index in [2.05, 4.69) is 0 Å². The molecule has 1 amide bonds. The van der Waals surface area contributed by atoms with Crippen LogP contribution in [0.4, 0.5) is 0 Å². The number of piperidine rings is 1. The van der Waals surface area contributed by atoms with Crippen LogP contribution < -0.4 is 0 Å². The largest absolute Gasteiger partial charge is 0.480 e. The predicted molar refractivity (Wildman–Crippen MR) is 58.0 cm³/mol. The summed E-state index contributed by atoms with van der Waals surface area (Å²) in [6.45, 7) is 2.77. The lowest BCUT2D eigenvalue weighted by Gasteiger charge is -2.37. The second kappa shape index (κ2) is 5.84. The van der Waals surface area contributed by atoms with E-state index in [1.54, 1.807) is 0 Å². The zero-order chi connectivity index (χ0) is 12.1.